The minimum absolute atomic E-state index is 0.0663. The molecular formula is C20H19F3N2O4. The Morgan fingerprint density at radius 1 is 1.00 bits per heavy atom. The van der Waals surface area contributed by atoms with Gasteiger partial charge in [0.25, 0.3) is 5.91 Å². The van der Waals surface area contributed by atoms with Gasteiger partial charge in [0.05, 0.1) is 19.2 Å². The predicted molar refractivity (Wildman–Crippen MR) is 97.9 cm³/mol. The van der Waals surface area contributed by atoms with E-state index in [-0.39, 0.29) is 13.0 Å². The molecule has 0 unspecified atom stereocenters. The van der Waals surface area contributed by atoms with Crippen LogP contribution in [0.2, 0.25) is 0 Å². The number of halogens is 3. The average molecular weight is 408 g/mol. The van der Waals surface area contributed by atoms with Gasteiger partial charge in [-0.3, -0.25) is 9.59 Å². The summed E-state index contributed by atoms with van der Waals surface area (Å²) < 4.78 is 42.6. The lowest BCUT2D eigenvalue weighted by Gasteiger charge is -2.17. The Hall–Kier alpha value is -3.36. The van der Waals surface area contributed by atoms with Gasteiger partial charge >= 0.3 is 12.1 Å². The van der Waals surface area contributed by atoms with E-state index in [4.69, 9.17) is 0 Å². The van der Waals surface area contributed by atoms with Crippen molar-refractivity contribution >= 4 is 17.8 Å². The Morgan fingerprint density at radius 3 is 2.17 bits per heavy atom. The maximum Gasteiger partial charge on any atom is 0.416 e. The van der Waals surface area contributed by atoms with E-state index in [1.165, 1.54) is 12.1 Å². The third kappa shape index (κ3) is 6.63. The molecule has 2 aromatic carbocycles. The minimum Gasteiger partial charge on any atom is -0.467 e. The lowest BCUT2D eigenvalue weighted by atomic mass is 10.0. The molecule has 0 heterocycles. The van der Waals surface area contributed by atoms with Crippen molar-refractivity contribution in [2.75, 3.05) is 13.7 Å². The number of benzene rings is 2. The number of rotatable bonds is 7. The van der Waals surface area contributed by atoms with Crippen LogP contribution in [0.3, 0.4) is 0 Å². The van der Waals surface area contributed by atoms with Crippen LogP contribution in [0.4, 0.5) is 13.2 Å². The number of alkyl halides is 3. The summed E-state index contributed by atoms with van der Waals surface area (Å²) in [5.41, 5.74) is -0.0416. The zero-order valence-electron chi connectivity index (χ0n) is 15.5. The Kier molecular flexibility index (Phi) is 7.35. The van der Waals surface area contributed by atoms with Crippen LogP contribution in [-0.4, -0.2) is 37.5 Å². The van der Waals surface area contributed by atoms with Gasteiger partial charge in [0.2, 0.25) is 5.91 Å². The largest absolute Gasteiger partial charge is 0.467 e. The van der Waals surface area contributed by atoms with Crippen molar-refractivity contribution in [3.63, 3.8) is 0 Å². The smallest absolute Gasteiger partial charge is 0.416 e. The number of esters is 1. The van der Waals surface area contributed by atoms with Crippen molar-refractivity contribution in [1.29, 1.82) is 0 Å². The van der Waals surface area contributed by atoms with Crippen molar-refractivity contribution < 1.29 is 32.3 Å². The van der Waals surface area contributed by atoms with E-state index in [9.17, 15) is 27.6 Å². The molecule has 0 radical (unpaired) electrons. The van der Waals surface area contributed by atoms with Gasteiger partial charge in [-0.2, -0.15) is 13.2 Å². The lowest BCUT2D eigenvalue weighted by molar-refractivity contribution is -0.145. The second kappa shape index (κ2) is 9.72. The van der Waals surface area contributed by atoms with E-state index in [2.05, 4.69) is 15.4 Å². The predicted octanol–water partition coefficient (Wildman–Crippen LogP) is 2.34. The van der Waals surface area contributed by atoms with Gasteiger partial charge in [-0.05, 0) is 29.8 Å². The minimum atomic E-state index is -4.47. The Bertz CT molecular complexity index is 852. The highest BCUT2D eigenvalue weighted by molar-refractivity contribution is 5.96. The highest BCUT2D eigenvalue weighted by Crippen LogP contribution is 2.29. The fourth-order valence-corrected chi connectivity index (χ4v) is 2.50. The van der Waals surface area contributed by atoms with Gasteiger partial charge in [-0.25, -0.2) is 4.79 Å². The molecule has 29 heavy (non-hydrogen) atoms. The Balaban J connectivity index is 1.96. The second-order valence-electron chi connectivity index (χ2n) is 6.09. The molecule has 2 amide bonds. The molecule has 0 aromatic heterocycles. The summed E-state index contributed by atoms with van der Waals surface area (Å²) in [5.74, 6) is -1.86. The molecule has 0 saturated carbocycles. The molecule has 9 heteroatoms. The van der Waals surface area contributed by atoms with Crippen LogP contribution in [0, 0.1) is 0 Å². The second-order valence-corrected chi connectivity index (χ2v) is 6.09. The summed E-state index contributed by atoms with van der Waals surface area (Å²) in [7, 11) is 1.13. The molecule has 0 bridgehead atoms. The van der Waals surface area contributed by atoms with E-state index in [1.807, 2.05) is 0 Å². The van der Waals surface area contributed by atoms with Crippen molar-refractivity contribution in [3.8, 4) is 0 Å². The topological polar surface area (TPSA) is 84.5 Å². The molecule has 0 aliphatic heterocycles. The summed E-state index contributed by atoms with van der Waals surface area (Å²) in [4.78, 5) is 36.0. The molecule has 154 valence electrons. The molecule has 2 aromatic rings. The van der Waals surface area contributed by atoms with Crippen LogP contribution < -0.4 is 10.6 Å². The monoisotopic (exact) mass is 408 g/mol. The summed E-state index contributed by atoms with van der Waals surface area (Å²) in [5, 5.41) is 4.84. The number of carbonyl (C=O) groups excluding carboxylic acids is 3. The average Bonchev–Trinajstić information content (AvgIpc) is 2.71. The molecule has 1 atom stereocenters. The van der Waals surface area contributed by atoms with Crippen LogP contribution >= 0.6 is 0 Å². The van der Waals surface area contributed by atoms with Gasteiger partial charge in [0, 0.05) is 12.0 Å². The fourth-order valence-electron chi connectivity index (χ4n) is 2.50. The van der Waals surface area contributed by atoms with Crippen LogP contribution in [0.1, 0.15) is 21.5 Å². The maximum absolute atomic E-state index is 12.6. The molecular weight excluding hydrogens is 389 g/mol. The van der Waals surface area contributed by atoms with Gasteiger partial charge in [0.15, 0.2) is 0 Å². The molecule has 2 rings (SSSR count). The number of ether oxygens (including phenoxy) is 1. The first-order valence-corrected chi connectivity index (χ1v) is 8.57. The molecule has 0 saturated heterocycles. The van der Waals surface area contributed by atoms with E-state index < -0.39 is 35.6 Å². The SMILES string of the molecule is COC(=O)[C@H](Cc1ccc(C(F)(F)F)cc1)NC(=O)CNC(=O)c1ccccc1. The standard InChI is InChI=1S/C20H19F3N2O4/c1-29-19(28)16(11-13-7-9-15(10-8-13)20(21,22)23)25-17(26)12-24-18(27)14-5-3-2-4-6-14/h2-10,16H,11-12H2,1H3,(H,24,27)(H,25,26)/t16-/m0/s1. The van der Waals surface area contributed by atoms with Crippen molar-refractivity contribution in [3.05, 3.63) is 71.3 Å². The van der Waals surface area contributed by atoms with Crippen LogP contribution in [-0.2, 0) is 26.9 Å². The van der Waals surface area contributed by atoms with Gasteiger partial charge in [-0.1, -0.05) is 30.3 Å². The maximum atomic E-state index is 12.6. The number of methoxy groups -OCH3 is 1. The highest BCUT2D eigenvalue weighted by atomic mass is 19.4. The van der Waals surface area contributed by atoms with Gasteiger partial charge in [-0.15, -0.1) is 0 Å². The normalized spacial score (nSPS) is 12.0. The number of hydrogen-bond donors (Lipinski definition) is 2. The highest BCUT2D eigenvalue weighted by Gasteiger charge is 2.30. The first-order valence-electron chi connectivity index (χ1n) is 8.57. The van der Waals surface area contributed by atoms with Crippen LogP contribution in [0.25, 0.3) is 0 Å². The zero-order valence-corrected chi connectivity index (χ0v) is 15.5. The lowest BCUT2D eigenvalue weighted by Crippen LogP contribution is -2.47. The first-order chi connectivity index (χ1) is 13.7. The quantitative estimate of drug-likeness (QED) is 0.689. The summed E-state index contributed by atoms with van der Waals surface area (Å²) >= 11 is 0. The Labute approximate surface area is 165 Å². The molecule has 0 aliphatic carbocycles. The summed E-state index contributed by atoms with van der Waals surface area (Å²) in [6, 6.07) is 11.4. The molecule has 0 aliphatic rings. The summed E-state index contributed by atoms with van der Waals surface area (Å²) in [6.07, 6.45) is -4.53. The van der Waals surface area contributed by atoms with Crippen molar-refractivity contribution in [2.24, 2.45) is 0 Å². The van der Waals surface area contributed by atoms with Gasteiger partial charge in [0.1, 0.15) is 6.04 Å². The van der Waals surface area contributed by atoms with Crippen LogP contribution in [0.5, 0.6) is 0 Å². The molecule has 0 spiro atoms. The molecule has 2 N–H and O–H groups in total. The van der Waals surface area contributed by atoms with Crippen LogP contribution in [0.15, 0.2) is 54.6 Å². The van der Waals surface area contributed by atoms with Gasteiger partial charge < -0.3 is 15.4 Å². The van der Waals surface area contributed by atoms with E-state index in [0.717, 1.165) is 19.2 Å². The van der Waals surface area contributed by atoms with E-state index in [1.54, 1.807) is 30.3 Å². The number of carbonyl (C=O) groups is 3. The van der Waals surface area contributed by atoms with E-state index >= 15 is 0 Å². The Morgan fingerprint density at radius 2 is 1.62 bits per heavy atom. The fraction of sp³-hybridized carbons (Fsp3) is 0.250. The van der Waals surface area contributed by atoms with E-state index in [0.29, 0.717) is 11.1 Å². The number of hydrogen-bond acceptors (Lipinski definition) is 4. The zero-order chi connectivity index (χ0) is 21.4. The van der Waals surface area contributed by atoms with Crippen molar-refractivity contribution in [1.82, 2.24) is 10.6 Å². The first kappa shape index (κ1) is 21.9. The molecule has 0 fully saturated rings. The third-order valence-corrected chi connectivity index (χ3v) is 3.99. The number of amides is 2. The number of nitrogens with one attached hydrogen (secondary N) is 2. The molecule has 6 nitrogen and oxygen atoms in total. The third-order valence-electron chi connectivity index (χ3n) is 3.99. The van der Waals surface area contributed by atoms with Crippen molar-refractivity contribution in [2.45, 2.75) is 18.6 Å². The summed E-state index contributed by atoms with van der Waals surface area (Å²) in [6.45, 7) is -0.381.